The highest BCUT2D eigenvalue weighted by atomic mass is 79.9. The highest BCUT2D eigenvalue weighted by Crippen LogP contribution is 2.27. The van der Waals surface area contributed by atoms with E-state index in [1.165, 1.54) is 11.5 Å². The molecule has 0 saturated carbocycles. The third-order valence-corrected chi connectivity index (χ3v) is 3.18. The van der Waals surface area contributed by atoms with Crippen LogP contribution >= 0.6 is 27.5 Å². The van der Waals surface area contributed by atoms with Crippen molar-refractivity contribution in [1.29, 1.82) is 0 Å². The Morgan fingerprint density at radius 2 is 2.14 bits per heavy atom. The van der Waals surface area contributed by atoms with Gasteiger partial charge in [0.15, 0.2) is 5.82 Å². The highest BCUT2D eigenvalue weighted by molar-refractivity contribution is 9.10. The van der Waals surface area contributed by atoms with Crippen LogP contribution in [0.15, 0.2) is 28.7 Å². The molecule has 0 aliphatic carbocycles. The largest absolute Gasteiger partial charge is 0.363 e. The quantitative estimate of drug-likeness (QED) is 0.911. The van der Waals surface area contributed by atoms with Crippen LogP contribution in [0.2, 0.25) is 0 Å². The number of aromatic nitrogens is 2. The minimum absolute atomic E-state index is 0.756. The number of benzene rings is 1. The molecule has 0 bridgehead atoms. The van der Waals surface area contributed by atoms with Gasteiger partial charge in [-0.15, -0.1) is 0 Å². The Hall–Kier alpha value is -0.940. The van der Waals surface area contributed by atoms with Crippen LogP contribution in [-0.4, -0.2) is 16.4 Å². The fourth-order valence-corrected chi connectivity index (χ4v) is 2.07. The van der Waals surface area contributed by atoms with Crippen LogP contribution in [0.4, 0.5) is 5.13 Å². The van der Waals surface area contributed by atoms with Gasteiger partial charge in [-0.1, -0.05) is 34.1 Å². The predicted octanol–water partition coefficient (Wildman–Crippen LogP) is 3.01. The lowest BCUT2D eigenvalue weighted by molar-refractivity contribution is 1.30. The Balaban J connectivity index is 2.44. The van der Waals surface area contributed by atoms with Crippen LogP contribution in [0.1, 0.15) is 0 Å². The summed E-state index contributed by atoms with van der Waals surface area (Å²) in [6.07, 6.45) is 0. The zero-order valence-corrected chi connectivity index (χ0v) is 9.89. The van der Waals surface area contributed by atoms with E-state index in [2.05, 4.69) is 30.6 Å². The normalized spacial score (nSPS) is 10.1. The first-order valence-corrected chi connectivity index (χ1v) is 5.64. The van der Waals surface area contributed by atoms with Crippen LogP contribution in [0, 0.1) is 0 Å². The second kappa shape index (κ2) is 4.06. The Bertz CT molecular complexity index is 441. The molecule has 0 radical (unpaired) electrons. The van der Waals surface area contributed by atoms with E-state index in [0.717, 1.165) is 21.0 Å². The van der Waals surface area contributed by atoms with E-state index in [9.17, 15) is 0 Å². The molecule has 72 valence electrons. The second-order valence-electron chi connectivity index (χ2n) is 2.65. The molecule has 2 aromatic rings. The van der Waals surface area contributed by atoms with E-state index in [1.54, 1.807) is 0 Å². The molecular weight excluding hydrogens is 262 g/mol. The Labute approximate surface area is 94.5 Å². The molecule has 1 heterocycles. The van der Waals surface area contributed by atoms with Crippen molar-refractivity contribution in [2.45, 2.75) is 0 Å². The van der Waals surface area contributed by atoms with Crippen molar-refractivity contribution in [2.24, 2.45) is 0 Å². The van der Waals surface area contributed by atoms with Crippen molar-refractivity contribution in [3.63, 3.8) is 0 Å². The molecule has 0 fully saturated rings. The van der Waals surface area contributed by atoms with Crippen LogP contribution < -0.4 is 5.32 Å². The van der Waals surface area contributed by atoms with E-state index in [1.807, 2.05) is 31.3 Å². The molecule has 0 aliphatic heterocycles. The van der Waals surface area contributed by atoms with Crippen molar-refractivity contribution in [1.82, 2.24) is 9.36 Å². The third-order valence-electron chi connectivity index (χ3n) is 1.75. The van der Waals surface area contributed by atoms with Gasteiger partial charge in [0.2, 0.25) is 5.13 Å². The number of halogens is 1. The molecule has 0 unspecified atom stereocenters. The lowest BCUT2D eigenvalue weighted by Crippen LogP contribution is -1.86. The molecule has 1 aromatic carbocycles. The van der Waals surface area contributed by atoms with Gasteiger partial charge in [-0.05, 0) is 6.07 Å². The molecule has 5 heteroatoms. The van der Waals surface area contributed by atoms with Crippen molar-refractivity contribution in [2.75, 3.05) is 12.4 Å². The summed E-state index contributed by atoms with van der Waals surface area (Å²) in [5, 5.41) is 3.80. The van der Waals surface area contributed by atoms with Gasteiger partial charge in [0.1, 0.15) is 0 Å². The maximum atomic E-state index is 4.33. The minimum Gasteiger partial charge on any atom is -0.363 e. The Kier molecular flexibility index (Phi) is 2.79. The van der Waals surface area contributed by atoms with Crippen molar-refractivity contribution in [3.8, 4) is 11.4 Å². The summed E-state index contributed by atoms with van der Waals surface area (Å²) in [6.45, 7) is 0. The van der Waals surface area contributed by atoms with E-state index in [0.29, 0.717) is 0 Å². The molecule has 0 amide bonds. The van der Waals surface area contributed by atoms with Gasteiger partial charge >= 0.3 is 0 Å². The summed E-state index contributed by atoms with van der Waals surface area (Å²) >= 11 is 4.83. The molecule has 0 saturated heterocycles. The molecule has 0 atom stereocenters. The van der Waals surface area contributed by atoms with E-state index in [-0.39, 0.29) is 0 Å². The van der Waals surface area contributed by atoms with Crippen LogP contribution in [0.3, 0.4) is 0 Å². The zero-order chi connectivity index (χ0) is 9.97. The molecule has 3 nitrogen and oxygen atoms in total. The smallest absolute Gasteiger partial charge is 0.202 e. The van der Waals surface area contributed by atoms with E-state index >= 15 is 0 Å². The fourth-order valence-electron chi connectivity index (χ4n) is 1.08. The van der Waals surface area contributed by atoms with Crippen molar-refractivity contribution < 1.29 is 0 Å². The van der Waals surface area contributed by atoms with Crippen LogP contribution in [0.5, 0.6) is 0 Å². The van der Waals surface area contributed by atoms with Gasteiger partial charge in [-0.2, -0.15) is 9.36 Å². The first-order chi connectivity index (χ1) is 6.81. The summed E-state index contributed by atoms with van der Waals surface area (Å²) in [5.41, 5.74) is 1.02. The molecule has 0 spiro atoms. The van der Waals surface area contributed by atoms with Gasteiger partial charge in [0, 0.05) is 28.6 Å². The lowest BCUT2D eigenvalue weighted by atomic mass is 10.2. The summed E-state index contributed by atoms with van der Waals surface area (Å²) in [6, 6.07) is 7.92. The first kappa shape index (κ1) is 9.61. The SMILES string of the molecule is CNc1nc(-c2ccccc2Br)ns1. The highest BCUT2D eigenvalue weighted by Gasteiger charge is 2.07. The summed E-state index contributed by atoms with van der Waals surface area (Å²) < 4.78 is 5.27. The molecule has 2 rings (SSSR count). The number of nitrogens with zero attached hydrogens (tertiary/aromatic N) is 2. The average Bonchev–Trinajstić information content (AvgIpc) is 2.67. The van der Waals surface area contributed by atoms with Crippen molar-refractivity contribution in [3.05, 3.63) is 28.7 Å². The predicted molar refractivity (Wildman–Crippen MR) is 62.6 cm³/mol. The number of hydrogen-bond acceptors (Lipinski definition) is 4. The van der Waals surface area contributed by atoms with Gasteiger partial charge in [-0.25, -0.2) is 0 Å². The fraction of sp³-hybridized carbons (Fsp3) is 0.111. The van der Waals surface area contributed by atoms with Crippen LogP contribution in [-0.2, 0) is 0 Å². The van der Waals surface area contributed by atoms with E-state index < -0.39 is 0 Å². The molecule has 1 N–H and O–H groups in total. The summed E-state index contributed by atoms with van der Waals surface area (Å²) in [4.78, 5) is 4.33. The van der Waals surface area contributed by atoms with Gasteiger partial charge in [0.25, 0.3) is 0 Å². The monoisotopic (exact) mass is 269 g/mol. The molecule has 1 aromatic heterocycles. The maximum absolute atomic E-state index is 4.33. The number of rotatable bonds is 2. The number of nitrogens with one attached hydrogen (secondary N) is 1. The Morgan fingerprint density at radius 3 is 2.79 bits per heavy atom. The zero-order valence-electron chi connectivity index (χ0n) is 7.49. The second-order valence-corrected chi connectivity index (χ2v) is 4.26. The first-order valence-electron chi connectivity index (χ1n) is 4.07. The summed E-state index contributed by atoms with van der Waals surface area (Å²) in [5.74, 6) is 0.756. The van der Waals surface area contributed by atoms with Crippen molar-refractivity contribution >= 4 is 32.6 Å². The Morgan fingerprint density at radius 1 is 1.36 bits per heavy atom. The van der Waals surface area contributed by atoms with Gasteiger partial charge < -0.3 is 5.32 Å². The topological polar surface area (TPSA) is 37.8 Å². The molecule has 14 heavy (non-hydrogen) atoms. The van der Waals surface area contributed by atoms with Gasteiger partial charge in [-0.3, -0.25) is 0 Å². The molecule has 0 aliphatic rings. The lowest BCUT2D eigenvalue weighted by Gasteiger charge is -1.97. The standard InChI is InChI=1S/C9H8BrN3S/c1-11-9-12-8(13-14-9)6-4-2-3-5-7(6)10/h2-5H,1H3,(H,11,12,13). The maximum Gasteiger partial charge on any atom is 0.202 e. The number of anilines is 1. The minimum atomic E-state index is 0.756. The molecular formula is C9H8BrN3S. The average molecular weight is 270 g/mol. The van der Waals surface area contributed by atoms with Crippen LogP contribution in [0.25, 0.3) is 11.4 Å². The van der Waals surface area contributed by atoms with Gasteiger partial charge in [0.05, 0.1) is 0 Å². The summed E-state index contributed by atoms with van der Waals surface area (Å²) in [7, 11) is 1.84. The third kappa shape index (κ3) is 1.78. The number of hydrogen-bond donors (Lipinski definition) is 1. The van der Waals surface area contributed by atoms with E-state index in [4.69, 9.17) is 0 Å².